The van der Waals surface area contributed by atoms with Crippen LogP contribution in [0.4, 0.5) is 0 Å². The second-order valence-electron chi connectivity index (χ2n) is 5.15. The number of nitrogens with zero attached hydrogens (tertiary/aromatic N) is 1. The lowest BCUT2D eigenvalue weighted by Gasteiger charge is -2.38. The van der Waals surface area contributed by atoms with Gasteiger partial charge in [-0.3, -0.25) is 4.79 Å². The number of hydrogen-bond donors (Lipinski definition) is 2. The van der Waals surface area contributed by atoms with Crippen LogP contribution in [0.2, 0.25) is 0 Å². The third-order valence-electron chi connectivity index (χ3n) is 2.93. The van der Waals surface area contributed by atoms with Crippen molar-refractivity contribution in [1.82, 2.24) is 10.2 Å². The highest BCUT2D eigenvalue weighted by Gasteiger charge is 2.34. The molecule has 4 heteroatoms. The Morgan fingerprint density at radius 2 is 1.73 bits per heavy atom. The Hall–Kier alpha value is -0.610. The van der Waals surface area contributed by atoms with Gasteiger partial charge >= 0.3 is 0 Å². The predicted molar refractivity (Wildman–Crippen MR) is 61.7 cm³/mol. The van der Waals surface area contributed by atoms with Gasteiger partial charge in [0.2, 0.25) is 5.91 Å². The Bertz CT molecular complexity index is 217. The van der Waals surface area contributed by atoms with Gasteiger partial charge in [0.15, 0.2) is 0 Å². The van der Waals surface area contributed by atoms with Gasteiger partial charge in [0, 0.05) is 32.6 Å². The summed E-state index contributed by atoms with van der Waals surface area (Å²) >= 11 is 0. The molecular formula is C11H24N2O2. The van der Waals surface area contributed by atoms with E-state index < -0.39 is 11.1 Å². The van der Waals surface area contributed by atoms with Crippen LogP contribution in [0.15, 0.2) is 0 Å². The lowest BCUT2D eigenvalue weighted by molar-refractivity contribution is -0.128. The van der Waals surface area contributed by atoms with E-state index in [1.165, 1.54) is 0 Å². The van der Waals surface area contributed by atoms with Gasteiger partial charge < -0.3 is 15.3 Å². The summed E-state index contributed by atoms with van der Waals surface area (Å²) in [5.41, 5.74) is -1.21. The Labute approximate surface area is 92.7 Å². The van der Waals surface area contributed by atoms with Gasteiger partial charge in [-0.2, -0.15) is 0 Å². The van der Waals surface area contributed by atoms with E-state index in [9.17, 15) is 9.90 Å². The summed E-state index contributed by atoms with van der Waals surface area (Å²) in [5.74, 6) is 0.0917. The second kappa shape index (κ2) is 4.94. The average Bonchev–Trinajstić information content (AvgIpc) is 2.01. The summed E-state index contributed by atoms with van der Waals surface area (Å²) in [7, 11) is 3.48. The molecular weight excluding hydrogens is 192 g/mol. The number of carbonyl (C=O) groups is 1. The zero-order valence-corrected chi connectivity index (χ0v) is 10.7. The molecule has 90 valence electrons. The molecule has 0 fully saturated rings. The quantitative estimate of drug-likeness (QED) is 0.708. The van der Waals surface area contributed by atoms with Crippen LogP contribution in [0, 0.1) is 0 Å². The van der Waals surface area contributed by atoms with E-state index in [0.29, 0.717) is 13.0 Å². The van der Waals surface area contributed by atoms with Crippen molar-refractivity contribution < 1.29 is 9.90 Å². The maximum absolute atomic E-state index is 11.3. The molecule has 0 spiro atoms. The monoisotopic (exact) mass is 216 g/mol. The summed E-state index contributed by atoms with van der Waals surface area (Å²) < 4.78 is 0. The molecule has 0 aliphatic rings. The molecule has 0 aromatic rings. The Balaban J connectivity index is 4.02. The van der Waals surface area contributed by atoms with Gasteiger partial charge in [0.05, 0.1) is 5.60 Å². The van der Waals surface area contributed by atoms with E-state index in [1.54, 1.807) is 32.8 Å². The fourth-order valence-corrected chi connectivity index (χ4v) is 0.922. The minimum absolute atomic E-state index is 0.0917. The number of aliphatic hydroxyl groups is 1. The van der Waals surface area contributed by atoms with Gasteiger partial charge in [-0.15, -0.1) is 0 Å². The average molecular weight is 216 g/mol. The van der Waals surface area contributed by atoms with Crippen molar-refractivity contribution in [2.45, 2.75) is 45.3 Å². The molecule has 4 nitrogen and oxygen atoms in total. The van der Waals surface area contributed by atoms with Crippen LogP contribution in [0.1, 0.15) is 34.1 Å². The molecule has 0 rings (SSSR count). The molecule has 0 saturated carbocycles. The lowest BCUT2D eigenvalue weighted by Crippen LogP contribution is -2.56. The Morgan fingerprint density at radius 3 is 2.07 bits per heavy atom. The van der Waals surface area contributed by atoms with Crippen molar-refractivity contribution in [3.63, 3.8) is 0 Å². The number of amides is 1. The van der Waals surface area contributed by atoms with Gasteiger partial charge in [0.1, 0.15) is 0 Å². The first-order chi connectivity index (χ1) is 6.58. The molecule has 0 saturated heterocycles. The molecule has 0 aromatic carbocycles. The highest BCUT2D eigenvalue weighted by atomic mass is 16.3. The topological polar surface area (TPSA) is 52.6 Å². The molecule has 0 bridgehead atoms. The van der Waals surface area contributed by atoms with Crippen LogP contribution in [0.3, 0.4) is 0 Å². The molecule has 2 N–H and O–H groups in total. The van der Waals surface area contributed by atoms with E-state index in [1.807, 2.05) is 13.8 Å². The Kier molecular flexibility index (Phi) is 4.74. The minimum Gasteiger partial charge on any atom is -0.389 e. The molecule has 0 aliphatic carbocycles. The number of nitrogens with one attached hydrogen (secondary N) is 1. The zero-order valence-electron chi connectivity index (χ0n) is 10.7. The third-order valence-corrected chi connectivity index (χ3v) is 2.93. The smallest absolute Gasteiger partial charge is 0.223 e. The highest BCUT2D eigenvalue weighted by Crippen LogP contribution is 2.20. The van der Waals surface area contributed by atoms with Gasteiger partial charge in [-0.25, -0.2) is 0 Å². The maximum atomic E-state index is 11.3. The summed E-state index contributed by atoms with van der Waals surface area (Å²) in [4.78, 5) is 12.9. The van der Waals surface area contributed by atoms with Crippen molar-refractivity contribution in [2.24, 2.45) is 0 Å². The largest absolute Gasteiger partial charge is 0.389 e. The van der Waals surface area contributed by atoms with E-state index in [2.05, 4.69) is 5.32 Å². The number of hydrogen-bond acceptors (Lipinski definition) is 3. The van der Waals surface area contributed by atoms with Crippen molar-refractivity contribution >= 4 is 5.91 Å². The molecule has 1 amide bonds. The normalized spacial score (nSPS) is 12.7. The van der Waals surface area contributed by atoms with Crippen LogP contribution >= 0.6 is 0 Å². The van der Waals surface area contributed by atoms with Crippen LogP contribution in [0.5, 0.6) is 0 Å². The van der Waals surface area contributed by atoms with Crippen LogP contribution in [0.25, 0.3) is 0 Å². The predicted octanol–water partition coefficient (Wildman–Crippen LogP) is 0.604. The van der Waals surface area contributed by atoms with E-state index in [0.717, 1.165) is 0 Å². The second-order valence-corrected chi connectivity index (χ2v) is 5.15. The fourth-order valence-electron chi connectivity index (χ4n) is 0.922. The fraction of sp³-hybridized carbons (Fsp3) is 0.909. The molecule has 0 aliphatic heterocycles. The molecule has 15 heavy (non-hydrogen) atoms. The standard InChI is InChI=1S/C11H24N2O2/c1-10(2,11(3,4)15)12-8-7-9(14)13(5)6/h12,15H,7-8H2,1-6H3. The van der Waals surface area contributed by atoms with Crippen LogP contribution < -0.4 is 5.32 Å². The first kappa shape index (κ1) is 14.4. The molecule has 0 aromatic heterocycles. The molecule has 0 radical (unpaired) electrons. The Morgan fingerprint density at radius 1 is 1.27 bits per heavy atom. The van der Waals surface area contributed by atoms with E-state index in [-0.39, 0.29) is 5.91 Å². The first-order valence-electron chi connectivity index (χ1n) is 5.25. The van der Waals surface area contributed by atoms with Crippen molar-refractivity contribution in [3.8, 4) is 0 Å². The maximum Gasteiger partial charge on any atom is 0.223 e. The van der Waals surface area contributed by atoms with Crippen LogP contribution in [-0.2, 0) is 4.79 Å². The molecule has 0 unspecified atom stereocenters. The summed E-state index contributed by atoms with van der Waals surface area (Å²) in [5, 5.41) is 13.0. The molecule has 0 atom stereocenters. The van der Waals surface area contributed by atoms with Gasteiger partial charge in [-0.1, -0.05) is 0 Å². The highest BCUT2D eigenvalue weighted by molar-refractivity contribution is 5.75. The van der Waals surface area contributed by atoms with Crippen molar-refractivity contribution in [1.29, 1.82) is 0 Å². The summed E-state index contributed by atoms with van der Waals surface area (Å²) in [6, 6.07) is 0. The number of carbonyl (C=O) groups excluding carboxylic acids is 1. The first-order valence-corrected chi connectivity index (χ1v) is 5.25. The third kappa shape index (κ3) is 4.62. The van der Waals surface area contributed by atoms with Gasteiger partial charge in [0.25, 0.3) is 0 Å². The summed E-state index contributed by atoms with van der Waals surface area (Å²) in [6.07, 6.45) is 0.451. The van der Waals surface area contributed by atoms with E-state index in [4.69, 9.17) is 0 Å². The molecule has 0 heterocycles. The van der Waals surface area contributed by atoms with Gasteiger partial charge in [-0.05, 0) is 27.7 Å². The zero-order chi connectivity index (χ0) is 12.3. The van der Waals surface area contributed by atoms with Crippen LogP contribution in [-0.4, -0.2) is 47.7 Å². The number of rotatable bonds is 5. The SMILES string of the molecule is CN(C)C(=O)CCNC(C)(C)C(C)(C)O. The lowest BCUT2D eigenvalue weighted by atomic mass is 9.86. The van der Waals surface area contributed by atoms with Crippen molar-refractivity contribution in [3.05, 3.63) is 0 Å². The minimum atomic E-state index is -0.811. The van der Waals surface area contributed by atoms with Crippen molar-refractivity contribution in [2.75, 3.05) is 20.6 Å². The van der Waals surface area contributed by atoms with E-state index >= 15 is 0 Å². The summed E-state index contributed by atoms with van der Waals surface area (Å²) in [6.45, 7) is 7.94.